The van der Waals surface area contributed by atoms with Crippen LogP contribution in [0.4, 0.5) is 11.4 Å². The van der Waals surface area contributed by atoms with Crippen LogP contribution in [0.5, 0.6) is 0 Å². The van der Waals surface area contributed by atoms with Crippen LogP contribution in [0.25, 0.3) is 0 Å². The summed E-state index contributed by atoms with van der Waals surface area (Å²) in [5.41, 5.74) is 22.6. The van der Waals surface area contributed by atoms with Gasteiger partial charge in [0.1, 0.15) is 0 Å². The van der Waals surface area contributed by atoms with Crippen LogP contribution in [-0.2, 0) is 38.5 Å². The molecule has 2 aromatic rings. The summed E-state index contributed by atoms with van der Waals surface area (Å²) in [6.45, 7) is 9.64. The van der Waals surface area contributed by atoms with Crippen molar-refractivity contribution in [3.8, 4) is 0 Å². The van der Waals surface area contributed by atoms with Crippen LogP contribution < -0.4 is 11.5 Å². The number of nitrogen functional groups attached to an aromatic ring is 2. The van der Waals surface area contributed by atoms with E-state index >= 15 is 0 Å². The fourth-order valence-electron chi connectivity index (χ4n) is 6.24. The third-order valence-electron chi connectivity index (χ3n) is 9.22. The molecule has 0 spiro atoms. The van der Waals surface area contributed by atoms with Crippen molar-refractivity contribution in [2.45, 2.75) is 97.6 Å². The van der Waals surface area contributed by atoms with Gasteiger partial charge in [-0.05, 0) is 143 Å². The van der Waals surface area contributed by atoms with Crippen LogP contribution in [0.15, 0.2) is 24.3 Å². The third-order valence-corrected chi connectivity index (χ3v) is 9.22. The van der Waals surface area contributed by atoms with Crippen molar-refractivity contribution in [1.29, 1.82) is 0 Å². The fraction of sp³-hybridized carbons (Fsp3) is 0.625. The molecule has 1 aliphatic carbocycles. The van der Waals surface area contributed by atoms with Gasteiger partial charge in [0.15, 0.2) is 0 Å². The number of hydrogen-bond donors (Lipinski definition) is 4. The van der Waals surface area contributed by atoms with Crippen molar-refractivity contribution in [3.05, 3.63) is 57.6 Å². The number of unbranched alkanes of at least 4 members (excludes halogenated alkanes) is 2. The summed E-state index contributed by atoms with van der Waals surface area (Å²) in [5.74, 6) is 0.957. The number of nitrogens with two attached hydrogens (primary N) is 2. The van der Waals surface area contributed by atoms with Crippen LogP contribution in [-0.4, -0.2) is 59.9 Å². The second-order valence-electron chi connectivity index (χ2n) is 12.4. The zero-order valence-electron chi connectivity index (χ0n) is 25.3. The molecule has 0 bridgehead atoms. The van der Waals surface area contributed by atoms with E-state index in [4.69, 9.17) is 11.5 Å². The maximum atomic E-state index is 9.74. The minimum atomic E-state index is -0.356. The molecule has 0 saturated heterocycles. The molecule has 0 atom stereocenters. The van der Waals surface area contributed by atoms with Gasteiger partial charge in [-0.2, -0.15) is 0 Å². The second kappa shape index (κ2) is 14.8. The molecule has 2 aromatic carbocycles. The van der Waals surface area contributed by atoms with Crippen LogP contribution in [0, 0.1) is 5.92 Å². The molecule has 40 heavy (non-hydrogen) atoms. The molecule has 8 heteroatoms. The Labute approximate surface area is 243 Å². The first-order valence-electron chi connectivity index (χ1n) is 15.9. The lowest BCUT2D eigenvalue weighted by atomic mass is 9.85. The lowest BCUT2D eigenvalue weighted by Crippen LogP contribution is -2.38. The van der Waals surface area contributed by atoms with Crippen molar-refractivity contribution >= 4 is 25.5 Å². The summed E-state index contributed by atoms with van der Waals surface area (Å²) < 4.78 is 0. The van der Waals surface area contributed by atoms with Crippen LogP contribution >= 0.6 is 0 Å². The predicted molar refractivity (Wildman–Crippen MR) is 172 cm³/mol. The van der Waals surface area contributed by atoms with E-state index in [1.807, 2.05) is 13.6 Å². The van der Waals surface area contributed by atoms with Crippen LogP contribution in [0.1, 0.15) is 78.8 Å². The molecule has 0 unspecified atom stereocenters. The van der Waals surface area contributed by atoms with Gasteiger partial charge in [0.05, 0.1) is 0 Å². The number of fused-ring (bicyclic) bond motifs is 2. The molecule has 0 aromatic heterocycles. The molecule has 2 aliphatic heterocycles. The lowest BCUT2D eigenvalue weighted by Gasteiger charge is -2.19. The molecule has 6 N–H and O–H groups in total. The first-order valence-corrected chi connectivity index (χ1v) is 15.9. The number of anilines is 2. The van der Waals surface area contributed by atoms with Crippen molar-refractivity contribution < 1.29 is 10.0 Å². The van der Waals surface area contributed by atoms with Gasteiger partial charge in [-0.3, -0.25) is 0 Å². The summed E-state index contributed by atoms with van der Waals surface area (Å²) in [6.07, 6.45) is 14.1. The molecular formula is C32H52B2N4O2. The Hall–Kier alpha value is -1.99. The maximum absolute atomic E-state index is 9.74. The van der Waals surface area contributed by atoms with E-state index in [2.05, 4.69) is 40.8 Å². The summed E-state index contributed by atoms with van der Waals surface area (Å²) in [6, 6.07) is 9.00. The van der Waals surface area contributed by atoms with Gasteiger partial charge in [0.2, 0.25) is 0 Å². The normalized spacial score (nSPS) is 17.6. The minimum Gasteiger partial charge on any atom is -0.437 e. The predicted octanol–water partition coefficient (Wildman–Crippen LogP) is 4.63. The van der Waals surface area contributed by atoms with Gasteiger partial charge in [-0.1, -0.05) is 44.7 Å². The Bertz CT molecular complexity index is 1110. The maximum Gasteiger partial charge on any atom is 0.376 e. The van der Waals surface area contributed by atoms with Gasteiger partial charge < -0.3 is 31.1 Å². The largest absolute Gasteiger partial charge is 0.437 e. The van der Waals surface area contributed by atoms with Crippen molar-refractivity contribution in [3.63, 3.8) is 0 Å². The average molecular weight is 546 g/mol. The molecule has 2 heterocycles. The van der Waals surface area contributed by atoms with E-state index in [1.54, 1.807) is 0 Å². The Balaban J connectivity index is 0.000000185. The Morgan fingerprint density at radius 3 is 1.52 bits per heavy atom. The zero-order valence-corrected chi connectivity index (χ0v) is 25.3. The molecular weight excluding hydrogens is 494 g/mol. The highest BCUT2D eigenvalue weighted by Crippen LogP contribution is 2.35. The first kappa shape index (κ1) is 31.0. The lowest BCUT2D eigenvalue weighted by molar-refractivity contribution is 0.378. The van der Waals surface area contributed by atoms with E-state index in [-0.39, 0.29) is 14.1 Å². The van der Waals surface area contributed by atoms with E-state index in [1.165, 1.54) is 71.9 Å². The molecule has 5 rings (SSSR count). The Morgan fingerprint density at radius 1 is 0.700 bits per heavy atom. The highest BCUT2D eigenvalue weighted by Gasteiger charge is 2.23. The highest BCUT2D eigenvalue weighted by molar-refractivity contribution is 6.45. The van der Waals surface area contributed by atoms with Gasteiger partial charge in [-0.15, -0.1) is 0 Å². The highest BCUT2D eigenvalue weighted by atomic mass is 16.2. The minimum absolute atomic E-state index is 0.351. The first-order chi connectivity index (χ1) is 19.2. The van der Waals surface area contributed by atoms with Crippen molar-refractivity contribution in [1.82, 2.24) is 9.62 Å². The quantitative estimate of drug-likeness (QED) is 0.208. The van der Waals surface area contributed by atoms with Gasteiger partial charge in [0, 0.05) is 11.4 Å². The van der Waals surface area contributed by atoms with E-state index < -0.39 is 0 Å². The number of benzene rings is 2. The van der Waals surface area contributed by atoms with Crippen LogP contribution in [0.3, 0.4) is 0 Å². The van der Waals surface area contributed by atoms with Crippen molar-refractivity contribution in [2.75, 3.05) is 37.6 Å². The van der Waals surface area contributed by atoms with E-state index in [9.17, 15) is 10.0 Å². The Kier molecular flexibility index (Phi) is 11.4. The van der Waals surface area contributed by atoms with Gasteiger partial charge in [-0.25, -0.2) is 0 Å². The van der Waals surface area contributed by atoms with Gasteiger partial charge in [0.25, 0.3) is 0 Å². The zero-order chi connectivity index (χ0) is 28.6. The molecule has 3 aliphatic rings. The molecule has 218 valence electrons. The molecule has 1 saturated carbocycles. The number of nitrogens with zero attached hydrogens (tertiary/aromatic N) is 2. The van der Waals surface area contributed by atoms with E-state index in [0.717, 1.165) is 82.0 Å². The molecule has 0 amide bonds. The number of aryl methyl sites for hydroxylation is 2. The van der Waals surface area contributed by atoms with Crippen molar-refractivity contribution in [2.24, 2.45) is 5.92 Å². The Morgan fingerprint density at radius 2 is 1.12 bits per heavy atom. The SMILES string of the molecule is CB(O)N1CCc2cc(N)c(CCC3CC3)cc2CC1.CCCCCc1cc2c(cc1N)CCN(B(C)O)CC2. The number of hydrogen-bond acceptors (Lipinski definition) is 6. The van der Waals surface area contributed by atoms with Gasteiger partial charge >= 0.3 is 14.1 Å². The second-order valence-corrected chi connectivity index (χ2v) is 12.4. The molecule has 1 fully saturated rings. The summed E-state index contributed by atoms with van der Waals surface area (Å²) in [7, 11) is -0.707. The smallest absolute Gasteiger partial charge is 0.376 e. The summed E-state index contributed by atoms with van der Waals surface area (Å²) in [5, 5.41) is 19.5. The third kappa shape index (κ3) is 8.75. The monoisotopic (exact) mass is 546 g/mol. The average Bonchev–Trinajstić information content (AvgIpc) is 3.77. The number of rotatable bonds is 9. The standard InChI is InChI=1S/C16H25BN2O.C16H27BN2O/c1-17(20)19-8-6-13-10-15(5-4-12-2-3-12)16(18)11-14(13)7-9-19;1-3-4-5-6-15-11-13-7-9-19(17(2)20)10-8-14(13)12-16(15)18/h10-12,20H,2-9,18H2,1H3;11-12,20H,3-10,18H2,1-2H3. The van der Waals surface area contributed by atoms with Crippen LogP contribution in [0.2, 0.25) is 13.6 Å². The van der Waals surface area contributed by atoms with E-state index in [0.29, 0.717) is 0 Å². The summed E-state index contributed by atoms with van der Waals surface area (Å²) >= 11 is 0. The molecule has 6 nitrogen and oxygen atoms in total. The summed E-state index contributed by atoms with van der Waals surface area (Å²) in [4.78, 5) is 4.27. The topological polar surface area (TPSA) is 99.0 Å². The fourth-order valence-corrected chi connectivity index (χ4v) is 6.24. The molecule has 0 radical (unpaired) electrons.